The number of unbranched alkanes of at least 4 members (excludes halogenated alkanes) is 10. The average Bonchev–Trinajstić information content (AvgIpc) is 3.14. The lowest BCUT2D eigenvalue weighted by molar-refractivity contribution is -0.147. The van der Waals surface area contributed by atoms with E-state index in [1.54, 1.807) is 0 Å². The van der Waals surface area contributed by atoms with Crippen LogP contribution in [0.5, 0.6) is 0 Å². The summed E-state index contributed by atoms with van der Waals surface area (Å²) in [7, 11) is -4.77. The number of aliphatic hydroxyl groups excluding tert-OH is 1. The first-order chi connectivity index (χ1) is 26.1. The van der Waals surface area contributed by atoms with Crippen molar-refractivity contribution >= 4 is 25.7 Å². The number of esters is 1. The number of carboxylic acids is 1. The molecule has 0 aromatic heterocycles. The second kappa shape index (κ2) is 36.9. The summed E-state index contributed by atoms with van der Waals surface area (Å²) < 4.78 is 26.7. The Labute approximate surface area is 325 Å². The van der Waals surface area contributed by atoms with E-state index in [0.717, 1.165) is 70.6 Å². The van der Waals surface area contributed by atoms with Crippen molar-refractivity contribution in [3.8, 4) is 0 Å². The van der Waals surface area contributed by atoms with Crippen molar-refractivity contribution in [1.82, 2.24) is 5.32 Å². The van der Waals surface area contributed by atoms with E-state index in [9.17, 15) is 34.1 Å². The molecule has 0 aromatic carbocycles. The maximum Gasteiger partial charge on any atom is 0.472 e. The van der Waals surface area contributed by atoms with Gasteiger partial charge in [-0.2, -0.15) is 0 Å². The zero-order valence-electron chi connectivity index (χ0n) is 33.0. The Morgan fingerprint density at radius 3 is 1.63 bits per heavy atom. The first-order valence-corrected chi connectivity index (χ1v) is 21.5. The normalized spacial score (nSPS) is 14.6. The van der Waals surface area contributed by atoms with Crippen LogP contribution in [0.15, 0.2) is 72.9 Å². The topological polar surface area (TPSA) is 169 Å². The molecule has 308 valence electrons. The van der Waals surface area contributed by atoms with Gasteiger partial charge in [0.2, 0.25) is 5.91 Å². The van der Waals surface area contributed by atoms with Crippen LogP contribution in [0.4, 0.5) is 0 Å². The number of carboxylic acid groups (broad SMARTS) is 1. The number of carbonyl (C=O) groups excluding carboxylic acids is 2. The van der Waals surface area contributed by atoms with E-state index in [2.05, 4.69) is 79.9 Å². The predicted octanol–water partition coefficient (Wildman–Crippen LogP) is 9.77. The summed E-state index contributed by atoms with van der Waals surface area (Å²) in [6, 6.07) is -1.58. The minimum absolute atomic E-state index is 0.0650. The van der Waals surface area contributed by atoms with E-state index in [4.69, 9.17) is 13.8 Å². The monoisotopic (exact) mass is 779 g/mol. The van der Waals surface area contributed by atoms with Crippen LogP contribution in [-0.2, 0) is 32.7 Å². The van der Waals surface area contributed by atoms with Gasteiger partial charge in [-0.05, 0) is 77.0 Å². The van der Waals surface area contributed by atoms with Crippen LogP contribution in [0.25, 0.3) is 0 Å². The molecule has 0 aromatic rings. The molecule has 54 heavy (non-hydrogen) atoms. The zero-order chi connectivity index (χ0) is 40.0. The summed E-state index contributed by atoms with van der Waals surface area (Å²) >= 11 is 0. The maximum absolute atomic E-state index is 12.3. The third kappa shape index (κ3) is 35.9. The number of phosphoric acid groups is 1. The molecule has 3 unspecified atom stereocenters. The highest BCUT2D eigenvalue weighted by molar-refractivity contribution is 7.47. The van der Waals surface area contributed by atoms with Crippen LogP contribution in [0.2, 0.25) is 0 Å². The van der Waals surface area contributed by atoms with Crippen molar-refractivity contribution in [2.45, 2.75) is 154 Å². The number of hydrogen-bond acceptors (Lipinski definition) is 8. The number of phosphoric ester groups is 1. The number of nitrogens with one attached hydrogen (secondary N) is 1. The van der Waals surface area contributed by atoms with Gasteiger partial charge < -0.3 is 25.2 Å². The van der Waals surface area contributed by atoms with Gasteiger partial charge >= 0.3 is 19.8 Å². The van der Waals surface area contributed by atoms with Gasteiger partial charge in [0.25, 0.3) is 0 Å². The number of ether oxygens (including phenoxy) is 1. The molecule has 0 bridgehead atoms. The summed E-state index contributed by atoms with van der Waals surface area (Å²) in [6.45, 7) is 2.41. The molecule has 12 heteroatoms. The van der Waals surface area contributed by atoms with Crippen molar-refractivity contribution in [3.05, 3.63) is 72.9 Å². The Balaban J connectivity index is 4.07. The summed E-state index contributed by atoms with van der Waals surface area (Å²) in [5.74, 6) is -2.48. The van der Waals surface area contributed by atoms with Gasteiger partial charge in [0.05, 0.1) is 13.2 Å². The zero-order valence-corrected chi connectivity index (χ0v) is 33.9. The smallest absolute Gasteiger partial charge is 0.472 e. The van der Waals surface area contributed by atoms with Crippen LogP contribution in [0.3, 0.4) is 0 Å². The molecule has 0 fully saturated rings. The van der Waals surface area contributed by atoms with Gasteiger partial charge in [-0.15, -0.1) is 0 Å². The Morgan fingerprint density at radius 2 is 1.07 bits per heavy atom. The average molecular weight is 780 g/mol. The molecule has 1 amide bonds. The van der Waals surface area contributed by atoms with Crippen molar-refractivity contribution in [3.63, 3.8) is 0 Å². The number of carbonyl (C=O) groups is 3. The highest BCUT2D eigenvalue weighted by Gasteiger charge is 2.28. The molecule has 0 spiro atoms. The lowest BCUT2D eigenvalue weighted by Gasteiger charge is -2.18. The third-order valence-corrected chi connectivity index (χ3v) is 8.90. The summed E-state index contributed by atoms with van der Waals surface area (Å²) in [4.78, 5) is 45.7. The van der Waals surface area contributed by atoms with E-state index in [1.165, 1.54) is 25.7 Å². The Morgan fingerprint density at radius 1 is 0.593 bits per heavy atom. The third-order valence-electron chi connectivity index (χ3n) is 7.95. The highest BCUT2D eigenvalue weighted by Crippen LogP contribution is 2.43. The molecule has 0 aliphatic rings. The maximum atomic E-state index is 12.3. The van der Waals surface area contributed by atoms with Crippen molar-refractivity contribution in [2.75, 3.05) is 19.8 Å². The van der Waals surface area contributed by atoms with Crippen LogP contribution in [0, 0.1) is 0 Å². The summed E-state index contributed by atoms with van der Waals surface area (Å²) in [5.41, 5.74) is 0. The first kappa shape index (κ1) is 50.9. The Hall–Kier alpha value is -3.08. The first-order valence-electron chi connectivity index (χ1n) is 20.0. The fourth-order valence-electron chi connectivity index (χ4n) is 4.81. The van der Waals surface area contributed by atoms with Gasteiger partial charge in [0, 0.05) is 12.8 Å². The summed E-state index contributed by atoms with van der Waals surface area (Å²) in [6.07, 6.45) is 42.2. The molecule has 0 saturated carbocycles. The number of hydrogen-bond donors (Lipinski definition) is 4. The molecule has 11 nitrogen and oxygen atoms in total. The molecule has 0 rings (SSSR count). The molecule has 4 N–H and O–H groups in total. The van der Waals surface area contributed by atoms with E-state index >= 15 is 0 Å². The predicted molar refractivity (Wildman–Crippen MR) is 217 cm³/mol. The van der Waals surface area contributed by atoms with Crippen molar-refractivity contribution in [2.24, 2.45) is 0 Å². The molecule has 0 saturated heterocycles. The number of rotatable bonds is 36. The molecular formula is C42H70NO10P. The molecule has 0 radical (unpaired) electrons. The quantitative estimate of drug-likeness (QED) is 0.0208. The fourth-order valence-corrected chi connectivity index (χ4v) is 5.59. The van der Waals surface area contributed by atoms with E-state index in [0.29, 0.717) is 19.3 Å². The number of allylic oxidation sites excluding steroid dienone is 12. The van der Waals surface area contributed by atoms with Gasteiger partial charge in [-0.3, -0.25) is 18.6 Å². The lowest BCUT2D eigenvalue weighted by Crippen LogP contribution is -2.43. The number of aliphatic hydroxyl groups is 1. The van der Waals surface area contributed by atoms with Crippen LogP contribution < -0.4 is 5.32 Å². The second-order valence-corrected chi connectivity index (χ2v) is 14.6. The molecule has 0 aliphatic carbocycles. The minimum Gasteiger partial charge on any atom is -0.480 e. The summed E-state index contributed by atoms with van der Waals surface area (Å²) in [5, 5.41) is 21.7. The SMILES string of the molecule is CCC/C=C\C/C=C\CCCCCCCC(=O)OCC(O)COP(=O)(O)OCC(NC(=O)CCC/C=C\C/C=C\C/C=C\C/C=C\CCCCC)C(=O)O. The van der Waals surface area contributed by atoms with Gasteiger partial charge in [0.1, 0.15) is 12.7 Å². The Bertz CT molecular complexity index is 1190. The highest BCUT2D eigenvalue weighted by atomic mass is 31.2. The second-order valence-electron chi connectivity index (χ2n) is 13.1. The van der Waals surface area contributed by atoms with Crippen LogP contribution in [0.1, 0.15) is 142 Å². The fraction of sp³-hybridized carbons (Fsp3) is 0.643. The lowest BCUT2D eigenvalue weighted by atomic mass is 10.1. The largest absolute Gasteiger partial charge is 0.480 e. The van der Waals surface area contributed by atoms with Crippen molar-refractivity contribution < 1.29 is 47.8 Å². The van der Waals surface area contributed by atoms with Crippen molar-refractivity contribution in [1.29, 1.82) is 0 Å². The molecule has 3 atom stereocenters. The molecule has 0 aliphatic heterocycles. The standard InChI is InChI=1S/C42H70NO10P/c1-3-5-7-9-11-13-15-17-18-19-20-22-23-25-27-29-31-33-40(45)43-39(42(47)48)37-53-54(49,50)52-36-38(44)35-51-41(46)34-32-30-28-26-24-21-16-14-12-10-8-6-4-2/h8,10-11,13-14,16-18,20,22,25,27,38-39,44H,3-7,9,12,15,19,21,23-24,26,28-37H2,1-2H3,(H,43,45)(H,47,48)(H,49,50)/b10-8-,13-11-,16-14-,18-17-,22-20-,27-25-. The Kier molecular flexibility index (Phi) is 34.8. The van der Waals surface area contributed by atoms with Crippen LogP contribution >= 0.6 is 7.82 Å². The minimum atomic E-state index is -4.77. The molecular weight excluding hydrogens is 709 g/mol. The van der Waals surface area contributed by atoms with E-state index in [1.807, 2.05) is 12.2 Å². The van der Waals surface area contributed by atoms with Crippen LogP contribution in [-0.4, -0.2) is 64.9 Å². The number of aliphatic carboxylic acids is 1. The van der Waals surface area contributed by atoms with Gasteiger partial charge in [-0.1, -0.05) is 125 Å². The van der Waals surface area contributed by atoms with E-state index in [-0.39, 0.29) is 12.8 Å². The van der Waals surface area contributed by atoms with E-state index < -0.39 is 57.6 Å². The molecule has 0 heterocycles. The van der Waals surface area contributed by atoms with Gasteiger partial charge in [-0.25, -0.2) is 9.36 Å². The van der Waals surface area contributed by atoms with Gasteiger partial charge in [0.15, 0.2) is 6.04 Å². The number of amides is 1.